The molecule has 0 aromatic carbocycles. The van der Waals surface area contributed by atoms with E-state index in [0.717, 1.165) is 12.8 Å². The lowest BCUT2D eigenvalue weighted by molar-refractivity contribution is -0.137. The highest BCUT2D eigenvalue weighted by molar-refractivity contribution is 5.66. The second kappa shape index (κ2) is 10.6. The zero-order valence-corrected chi connectivity index (χ0v) is 9.43. The second-order valence-corrected chi connectivity index (χ2v) is 3.97. The first-order chi connectivity index (χ1) is 6.77. The lowest BCUT2D eigenvalue weighted by Crippen LogP contribution is -1.93. The van der Waals surface area contributed by atoms with Crippen molar-refractivity contribution in [3.05, 3.63) is 0 Å². The number of hydrogen-bond donors (Lipinski definition) is 1. The third-order valence-electron chi connectivity index (χ3n) is 2.49. The maximum absolute atomic E-state index is 10.2. The summed E-state index contributed by atoms with van der Waals surface area (Å²) in [6, 6.07) is 0. The number of aliphatic carboxylic acids is 1. The van der Waals surface area contributed by atoms with Crippen molar-refractivity contribution in [2.75, 3.05) is 0 Å². The molecular weight excluding hydrogens is 188 g/mol. The van der Waals surface area contributed by atoms with E-state index in [9.17, 15) is 4.79 Å². The highest BCUT2D eigenvalue weighted by atomic mass is 16.5. The first-order valence-electron chi connectivity index (χ1n) is 5.99. The van der Waals surface area contributed by atoms with E-state index < -0.39 is 5.97 Å². The molecule has 0 atom stereocenters. The molecule has 0 amide bonds. The molecule has 0 aliphatic heterocycles. The fourth-order valence-corrected chi connectivity index (χ4v) is 1.59. The van der Waals surface area contributed by atoms with Crippen molar-refractivity contribution in [3.8, 4) is 0 Å². The van der Waals surface area contributed by atoms with Gasteiger partial charge in [0.25, 0.3) is 0 Å². The lowest BCUT2D eigenvalue weighted by Gasteiger charge is -2.00. The van der Waals surface area contributed by atoms with E-state index in [0.29, 0.717) is 6.42 Å². The van der Waals surface area contributed by atoms with Gasteiger partial charge in [0.2, 0.25) is 0 Å². The smallest absolute Gasteiger partial charge is 0.303 e. The summed E-state index contributed by atoms with van der Waals surface area (Å²) in [5.74, 6) is -0.659. The molecule has 0 saturated carbocycles. The maximum Gasteiger partial charge on any atom is 0.303 e. The van der Waals surface area contributed by atoms with Crippen LogP contribution in [0.4, 0.5) is 0 Å². The van der Waals surface area contributed by atoms with E-state index in [1.54, 1.807) is 0 Å². The Morgan fingerprint density at radius 3 is 1.71 bits per heavy atom. The van der Waals surface area contributed by atoms with E-state index >= 15 is 0 Å². The van der Waals surface area contributed by atoms with Crippen LogP contribution in [0.2, 0.25) is 0 Å². The molecule has 1 N–H and O–H groups in total. The summed E-state index contributed by atoms with van der Waals surface area (Å²) in [6.07, 6.45) is 11.5. The van der Waals surface area contributed by atoms with Gasteiger partial charge in [0, 0.05) is 6.42 Å². The van der Waals surface area contributed by atoms with Crippen molar-refractivity contribution in [1.82, 2.24) is 0 Å². The molecule has 0 saturated heterocycles. The lowest BCUT2D eigenvalue weighted by atomic mass is 11.1. The van der Waals surface area contributed by atoms with E-state index in [2.05, 4.69) is 6.92 Å². The molecule has 0 bridgehead atoms. The number of hydrogen-bond acceptors (Lipinski definition) is 1. The zero-order valence-electron chi connectivity index (χ0n) is 9.43. The van der Waals surface area contributed by atoms with Gasteiger partial charge in [-0.1, -0.05) is 58.3 Å². The molecule has 0 heterocycles. The summed E-state index contributed by atoms with van der Waals surface area (Å²) in [5, 5.41) is 8.41. The summed E-state index contributed by atoms with van der Waals surface area (Å²) >= 11 is 0. The van der Waals surface area contributed by atoms with Crippen LogP contribution in [0.15, 0.2) is 0 Å². The standard InChI is InChI=1S/C12H24O2/c1-2-3-4-5-6-7-8-9-10-11-12(13)14/h2-11H2,1H3,(H,13,14)/i1+1,2+1,3+1,4+1,5+1,6+1,7+1,8+1,9+1,10+1,11+1,12+1. The number of unbranched alkanes of at least 4 members (excludes halogenated alkanes) is 8. The van der Waals surface area contributed by atoms with Gasteiger partial charge < -0.3 is 5.11 Å². The Morgan fingerprint density at radius 1 is 0.857 bits per heavy atom. The monoisotopic (exact) mass is 212 g/mol. The third-order valence-corrected chi connectivity index (χ3v) is 2.49. The number of rotatable bonds is 10. The molecule has 0 fully saturated rings. The van der Waals surface area contributed by atoms with Crippen LogP contribution in [0, 0.1) is 0 Å². The van der Waals surface area contributed by atoms with Crippen LogP contribution in [0.25, 0.3) is 0 Å². The molecule has 2 nitrogen and oxygen atoms in total. The highest BCUT2D eigenvalue weighted by Crippen LogP contribution is 2.10. The van der Waals surface area contributed by atoms with Gasteiger partial charge in [-0.05, 0) is 6.42 Å². The first-order valence-corrected chi connectivity index (χ1v) is 5.99. The average molecular weight is 212 g/mol. The van der Waals surface area contributed by atoms with Gasteiger partial charge in [0.1, 0.15) is 0 Å². The summed E-state index contributed by atoms with van der Waals surface area (Å²) < 4.78 is 0. The van der Waals surface area contributed by atoms with Crippen molar-refractivity contribution in [3.63, 3.8) is 0 Å². The van der Waals surface area contributed by atoms with Gasteiger partial charge in [-0.15, -0.1) is 0 Å². The maximum atomic E-state index is 10.2. The molecular formula is C12H24O2. The van der Waals surface area contributed by atoms with E-state index in [1.807, 2.05) is 0 Å². The molecule has 0 aromatic heterocycles. The average Bonchev–Trinajstić information content (AvgIpc) is 2.15. The minimum absolute atomic E-state index is 0.343. The predicted octanol–water partition coefficient (Wildman–Crippen LogP) is 3.99. The van der Waals surface area contributed by atoms with Crippen molar-refractivity contribution in [1.29, 1.82) is 0 Å². The molecule has 84 valence electrons. The Bertz CT molecular complexity index is 132. The van der Waals surface area contributed by atoms with Crippen LogP contribution in [0.3, 0.4) is 0 Å². The molecule has 2 heteroatoms. The molecule has 0 aromatic rings. The molecule has 0 aliphatic carbocycles. The Morgan fingerprint density at radius 2 is 1.29 bits per heavy atom. The van der Waals surface area contributed by atoms with Crippen molar-refractivity contribution < 1.29 is 9.90 Å². The quantitative estimate of drug-likeness (QED) is 0.439. The van der Waals surface area contributed by atoms with Gasteiger partial charge in [0.05, 0.1) is 0 Å². The van der Waals surface area contributed by atoms with E-state index in [-0.39, 0.29) is 0 Å². The third kappa shape index (κ3) is 11.5. The van der Waals surface area contributed by atoms with Crippen LogP contribution in [0.5, 0.6) is 0 Å². The van der Waals surface area contributed by atoms with Crippen LogP contribution >= 0.6 is 0 Å². The Kier molecular flexibility index (Phi) is 10.2. The summed E-state index contributed by atoms with van der Waals surface area (Å²) in [7, 11) is 0. The number of carboxylic acids is 1. The summed E-state index contributed by atoms with van der Waals surface area (Å²) in [5.41, 5.74) is 0. The normalized spacial score (nSPS) is 10.4. The van der Waals surface area contributed by atoms with E-state index in [1.165, 1.54) is 44.9 Å². The number of carboxylic acid groups (broad SMARTS) is 1. The largest absolute Gasteiger partial charge is 0.481 e. The fourth-order valence-electron chi connectivity index (χ4n) is 1.59. The van der Waals surface area contributed by atoms with Gasteiger partial charge in [-0.25, -0.2) is 0 Å². The summed E-state index contributed by atoms with van der Waals surface area (Å²) in [6.45, 7) is 2.23. The minimum Gasteiger partial charge on any atom is -0.481 e. The Balaban J connectivity index is 2.88. The molecule has 0 spiro atoms. The van der Waals surface area contributed by atoms with Gasteiger partial charge >= 0.3 is 5.97 Å². The van der Waals surface area contributed by atoms with Crippen LogP contribution in [0.1, 0.15) is 71.1 Å². The second-order valence-electron chi connectivity index (χ2n) is 3.97. The van der Waals surface area contributed by atoms with E-state index in [4.69, 9.17) is 5.11 Å². The highest BCUT2D eigenvalue weighted by Gasteiger charge is 1.96. The SMILES string of the molecule is [13CH3][13CH2][13CH2][13CH2][13CH2][13CH2][13CH2][13CH2][13CH2][13CH2][13CH2][13C](=O)O. The van der Waals surface area contributed by atoms with Crippen molar-refractivity contribution >= 4 is 5.97 Å². The zero-order chi connectivity index (χ0) is 10.6. The molecule has 0 aliphatic rings. The van der Waals surface area contributed by atoms with Crippen LogP contribution in [-0.2, 0) is 4.79 Å². The minimum atomic E-state index is -0.659. The van der Waals surface area contributed by atoms with Crippen LogP contribution in [-0.4, -0.2) is 11.1 Å². The molecule has 0 rings (SSSR count). The van der Waals surface area contributed by atoms with Gasteiger partial charge in [-0.2, -0.15) is 0 Å². The molecule has 14 heavy (non-hydrogen) atoms. The van der Waals surface area contributed by atoms with Gasteiger partial charge in [-0.3, -0.25) is 4.79 Å². The molecule has 0 unspecified atom stereocenters. The van der Waals surface area contributed by atoms with Crippen molar-refractivity contribution in [2.24, 2.45) is 0 Å². The fraction of sp³-hybridized carbons (Fsp3) is 0.917. The Hall–Kier alpha value is -0.530. The topological polar surface area (TPSA) is 37.3 Å². The summed E-state index contributed by atoms with van der Waals surface area (Å²) in [4.78, 5) is 10.2. The number of carbonyl (C=O) groups is 1. The Labute approximate surface area is 87.7 Å². The van der Waals surface area contributed by atoms with Crippen molar-refractivity contribution in [2.45, 2.75) is 71.1 Å². The first kappa shape index (κ1) is 13.5. The van der Waals surface area contributed by atoms with Crippen LogP contribution < -0.4 is 0 Å². The van der Waals surface area contributed by atoms with Gasteiger partial charge in [0.15, 0.2) is 0 Å². The predicted molar refractivity (Wildman–Crippen MR) is 59.5 cm³/mol. The molecule has 0 radical (unpaired) electrons.